The molecule has 0 aromatic carbocycles. The van der Waals surface area contributed by atoms with Crippen molar-refractivity contribution in [3.63, 3.8) is 0 Å². The maximum atomic E-state index is 5.22. The van der Waals surface area contributed by atoms with Gasteiger partial charge in [-0.15, -0.1) is 0 Å². The lowest BCUT2D eigenvalue weighted by Gasteiger charge is -2.17. The van der Waals surface area contributed by atoms with Crippen molar-refractivity contribution in [1.29, 1.82) is 0 Å². The van der Waals surface area contributed by atoms with Crippen molar-refractivity contribution >= 4 is 0 Å². The number of aromatic nitrogens is 2. The average molecular weight is 194 g/mol. The van der Waals surface area contributed by atoms with Crippen LogP contribution in [0.5, 0.6) is 0 Å². The maximum Gasteiger partial charge on any atom is 0.229 e. The zero-order valence-corrected chi connectivity index (χ0v) is 8.99. The van der Waals surface area contributed by atoms with Crippen molar-refractivity contribution in [2.24, 2.45) is 0 Å². The molecule has 3 nitrogen and oxygen atoms in total. The first-order valence-electron chi connectivity index (χ1n) is 5.61. The minimum absolute atomic E-state index is 0.347. The lowest BCUT2D eigenvalue weighted by atomic mass is 9.89. The second kappa shape index (κ2) is 4.11. The van der Waals surface area contributed by atoms with E-state index in [0.717, 1.165) is 11.7 Å². The fourth-order valence-corrected chi connectivity index (χ4v) is 2.01. The third kappa shape index (κ3) is 1.97. The molecule has 1 aromatic rings. The smallest absolute Gasteiger partial charge is 0.229 e. The highest BCUT2D eigenvalue weighted by atomic mass is 16.5. The van der Waals surface area contributed by atoms with Crippen molar-refractivity contribution in [3.8, 4) is 0 Å². The van der Waals surface area contributed by atoms with Crippen molar-refractivity contribution in [2.45, 2.75) is 57.8 Å². The molecule has 0 bridgehead atoms. The summed E-state index contributed by atoms with van der Waals surface area (Å²) >= 11 is 0. The van der Waals surface area contributed by atoms with Gasteiger partial charge in [0.2, 0.25) is 5.89 Å². The van der Waals surface area contributed by atoms with E-state index in [4.69, 9.17) is 4.52 Å². The molecule has 1 fully saturated rings. The first-order chi connectivity index (χ1) is 6.77. The van der Waals surface area contributed by atoms with Crippen molar-refractivity contribution < 1.29 is 4.52 Å². The zero-order chi connectivity index (χ0) is 9.97. The quantitative estimate of drug-likeness (QED) is 0.725. The highest BCUT2D eigenvalue weighted by Crippen LogP contribution is 2.31. The zero-order valence-electron chi connectivity index (χ0n) is 8.99. The molecule has 14 heavy (non-hydrogen) atoms. The minimum atomic E-state index is 0.347. The topological polar surface area (TPSA) is 38.9 Å². The Morgan fingerprint density at radius 1 is 1.21 bits per heavy atom. The summed E-state index contributed by atoms with van der Waals surface area (Å²) in [5.74, 6) is 2.62. The van der Waals surface area contributed by atoms with Gasteiger partial charge >= 0.3 is 0 Å². The van der Waals surface area contributed by atoms with Crippen LogP contribution in [0.1, 0.15) is 69.5 Å². The normalized spacial score (nSPS) is 19.1. The molecule has 0 spiro atoms. The molecule has 1 aromatic heterocycles. The third-order valence-corrected chi connectivity index (χ3v) is 2.92. The van der Waals surface area contributed by atoms with Gasteiger partial charge in [0.05, 0.1) is 0 Å². The lowest BCUT2D eigenvalue weighted by Crippen LogP contribution is -2.06. The van der Waals surface area contributed by atoms with Gasteiger partial charge in [-0.3, -0.25) is 0 Å². The Morgan fingerprint density at radius 3 is 2.50 bits per heavy atom. The maximum absolute atomic E-state index is 5.22. The summed E-state index contributed by atoms with van der Waals surface area (Å²) in [4.78, 5) is 4.46. The minimum Gasteiger partial charge on any atom is -0.339 e. The van der Waals surface area contributed by atoms with Crippen LogP contribution < -0.4 is 0 Å². The van der Waals surface area contributed by atoms with Gasteiger partial charge in [0.25, 0.3) is 0 Å². The average Bonchev–Trinajstić information content (AvgIpc) is 2.68. The molecule has 0 radical (unpaired) electrons. The van der Waals surface area contributed by atoms with E-state index >= 15 is 0 Å². The van der Waals surface area contributed by atoms with Crippen molar-refractivity contribution in [2.75, 3.05) is 0 Å². The van der Waals surface area contributed by atoms with Gasteiger partial charge in [-0.1, -0.05) is 38.3 Å². The molecule has 78 valence electrons. The van der Waals surface area contributed by atoms with E-state index in [1.54, 1.807) is 0 Å². The van der Waals surface area contributed by atoms with Crippen LogP contribution in [0.25, 0.3) is 0 Å². The van der Waals surface area contributed by atoms with Crippen LogP contribution >= 0.6 is 0 Å². The molecule has 0 unspecified atom stereocenters. The summed E-state index contributed by atoms with van der Waals surface area (Å²) < 4.78 is 5.22. The van der Waals surface area contributed by atoms with Gasteiger partial charge in [0.1, 0.15) is 0 Å². The molecular formula is C11H18N2O. The summed E-state index contributed by atoms with van der Waals surface area (Å²) in [6.45, 7) is 4.16. The molecule has 0 N–H and O–H groups in total. The van der Waals surface area contributed by atoms with Gasteiger partial charge in [-0.2, -0.15) is 4.98 Å². The number of rotatable bonds is 2. The molecule has 1 aliphatic rings. The fourth-order valence-electron chi connectivity index (χ4n) is 2.01. The van der Waals surface area contributed by atoms with Gasteiger partial charge in [0, 0.05) is 11.8 Å². The second-order valence-electron chi connectivity index (χ2n) is 4.48. The lowest BCUT2D eigenvalue weighted by molar-refractivity contribution is 0.349. The highest BCUT2D eigenvalue weighted by Gasteiger charge is 2.21. The summed E-state index contributed by atoms with van der Waals surface area (Å²) in [6, 6.07) is 0. The van der Waals surface area contributed by atoms with Gasteiger partial charge in [0.15, 0.2) is 5.82 Å². The largest absolute Gasteiger partial charge is 0.339 e. The first kappa shape index (κ1) is 9.69. The van der Waals surface area contributed by atoms with E-state index in [1.165, 1.54) is 32.1 Å². The van der Waals surface area contributed by atoms with Gasteiger partial charge in [-0.05, 0) is 12.8 Å². The van der Waals surface area contributed by atoms with E-state index in [9.17, 15) is 0 Å². The molecule has 1 heterocycles. The van der Waals surface area contributed by atoms with Crippen LogP contribution in [0.4, 0.5) is 0 Å². The predicted octanol–water partition coefficient (Wildman–Crippen LogP) is 3.24. The molecular weight excluding hydrogens is 176 g/mol. The van der Waals surface area contributed by atoms with Crippen molar-refractivity contribution in [3.05, 3.63) is 11.7 Å². The van der Waals surface area contributed by atoms with E-state index in [-0.39, 0.29) is 0 Å². The van der Waals surface area contributed by atoms with Crippen LogP contribution in [-0.2, 0) is 0 Å². The first-order valence-corrected chi connectivity index (χ1v) is 5.61. The second-order valence-corrected chi connectivity index (χ2v) is 4.48. The Kier molecular flexibility index (Phi) is 2.85. The number of nitrogens with zero attached hydrogens (tertiary/aromatic N) is 2. The van der Waals surface area contributed by atoms with Crippen LogP contribution in [0.15, 0.2) is 4.52 Å². The monoisotopic (exact) mass is 194 g/mol. The van der Waals surface area contributed by atoms with E-state index in [1.807, 2.05) is 0 Å². The van der Waals surface area contributed by atoms with E-state index in [2.05, 4.69) is 24.0 Å². The van der Waals surface area contributed by atoms with Gasteiger partial charge < -0.3 is 4.52 Å². The molecule has 0 atom stereocenters. The fraction of sp³-hybridized carbons (Fsp3) is 0.818. The molecule has 3 heteroatoms. The Hall–Kier alpha value is -0.860. The van der Waals surface area contributed by atoms with Crippen LogP contribution in [0.2, 0.25) is 0 Å². The molecule has 2 rings (SSSR count). The summed E-state index contributed by atoms with van der Waals surface area (Å²) in [5, 5.41) is 4.08. The molecule has 0 amide bonds. The standard InChI is InChI=1S/C11H18N2O/c1-8(2)11-12-10(13-14-11)9-6-4-3-5-7-9/h8-9H,3-7H2,1-2H3. The van der Waals surface area contributed by atoms with Crippen LogP contribution in [0.3, 0.4) is 0 Å². The van der Waals surface area contributed by atoms with Crippen LogP contribution in [-0.4, -0.2) is 10.1 Å². The summed E-state index contributed by atoms with van der Waals surface area (Å²) in [6.07, 6.45) is 6.46. The van der Waals surface area contributed by atoms with Gasteiger partial charge in [-0.25, -0.2) is 0 Å². The predicted molar refractivity (Wildman–Crippen MR) is 54.2 cm³/mol. The molecule has 1 saturated carbocycles. The van der Waals surface area contributed by atoms with E-state index < -0.39 is 0 Å². The SMILES string of the molecule is CC(C)c1nc(C2CCCCC2)no1. The summed E-state index contributed by atoms with van der Waals surface area (Å²) in [7, 11) is 0. The molecule has 0 saturated heterocycles. The third-order valence-electron chi connectivity index (χ3n) is 2.92. The Labute approximate surface area is 84.9 Å². The number of hydrogen-bond donors (Lipinski definition) is 0. The van der Waals surface area contributed by atoms with Crippen LogP contribution in [0, 0.1) is 0 Å². The summed E-state index contributed by atoms with van der Waals surface area (Å²) in [5.41, 5.74) is 0. The molecule has 1 aliphatic carbocycles. The number of hydrogen-bond acceptors (Lipinski definition) is 3. The molecule has 0 aliphatic heterocycles. The van der Waals surface area contributed by atoms with Crippen molar-refractivity contribution in [1.82, 2.24) is 10.1 Å². The highest BCUT2D eigenvalue weighted by molar-refractivity contribution is 4.98. The van der Waals surface area contributed by atoms with E-state index in [0.29, 0.717) is 11.8 Å². The Balaban J connectivity index is 2.07. The Morgan fingerprint density at radius 2 is 1.93 bits per heavy atom. The Bertz CT molecular complexity index is 287.